The van der Waals surface area contributed by atoms with Gasteiger partial charge < -0.3 is 9.84 Å². The number of ether oxygens (including phenoxy) is 1. The molecule has 0 aliphatic heterocycles. The fourth-order valence-electron chi connectivity index (χ4n) is 3.79. The van der Waals surface area contributed by atoms with Crippen molar-refractivity contribution < 1.29 is 23.0 Å². The molecule has 0 aromatic heterocycles. The first-order chi connectivity index (χ1) is 16.0. The lowest BCUT2D eigenvalue weighted by atomic mass is 9.96. The number of aliphatic hydroxyl groups excluding tert-OH is 1. The number of aryl methyl sites for hydroxylation is 2. The number of rotatable bonds is 7. The van der Waals surface area contributed by atoms with Gasteiger partial charge in [0.2, 0.25) is 0 Å². The lowest BCUT2D eigenvalue weighted by Gasteiger charge is -2.10. The van der Waals surface area contributed by atoms with Crippen molar-refractivity contribution in [1.82, 2.24) is 0 Å². The van der Waals surface area contributed by atoms with Crippen molar-refractivity contribution >= 4 is 0 Å². The van der Waals surface area contributed by atoms with Crippen LogP contribution >= 0.6 is 0 Å². The molecule has 5 heteroatoms. The normalized spacial score (nSPS) is 10.9. The van der Waals surface area contributed by atoms with Crippen molar-refractivity contribution in [2.24, 2.45) is 0 Å². The van der Waals surface area contributed by atoms with Crippen molar-refractivity contribution in [3.8, 4) is 28.0 Å². The summed E-state index contributed by atoms with van der Waals surface area (Å²) < 4.78 is 48.5. The van der Waals surface area contributed by atoms with E-state index in [4.69, 9.17) is 9.84 Å². The summed E-state index contributed by atoms with van der Waals surface area (Å²) in [4.78, 5) is 0. The zero-order valence-corrected chi connectivity index (χ0v) is 18.1. The molecule has 1 N–H and O–H groups in total. The van der Waals surface area contributed by atoms with Crippen molar-refractivity contribution in [2.45, 2.75) is 19.4 Å². The molecule has 4 rings (SSSR count). The molecule has 168 valence electrons. The molecule has 0 spiro atoms. The molecule has 2 nitrogen and oxygen atoms in total. The minimum atomic E-state index is -0.908. The van der Waals surface area contributed by atoms with Gasteiger partial charge in [-0.25, -0.2) is 13.2 Å². The maximum atomic E-state index is 14.9. The summed E-state index contributed by atoms with van der Waals surface area (Å²) in [5.41, 5.74) is 4.04. The number of methoxy groups -OCH3 is 1. The Morgan fingerprint density at radius 2 is 1.12 bits per heavy atom. The van der Waals surface area contributed by atoms with Crippen molar-refractivity contribution in [3.63, 3.8) is 0 Å². The molecule has 0 fully saturated rings. The first-order valence-electron chi connectivity index (χ1n) is 10.6. The van der Waals surface area contributed by atoms with Gasteiger partial charge in [-0.15, -0.1) is 0 Å². The van der Waals surface area contributed by atoms with Crippen molar-refractivity contribution in [1.29, 1.82) is 0 Å². The third-order valence-electron chi connectivity index (χ3n) is 5.71. The Morgan fingerprint density at radius 3 is 1.61 bits per heavy atom. The number of hydrogen-bond acceptors (Lipinski definition) is 2. The van der Waals surface area contributed by atoms with E-state index in [1.54, 1.807) is 54.6 Å². The lowest BCUT2D eigenvalue weighted by Crippen LogP contribution is -1.96. The molecule has 0 bridgehead atoms. The van der Waals surface area contributed by atoms with Crippen LogP contribution in [0.5, 0.6) is 5.75 Å². The van der Waals surface area contributed by atoms with E-state index >= 15 is 0 Å². The quantitative estimate of drug-likeness (QED) is 0.340. The highest BCUT2D eigenvalue weighted by Crippen LogP contribution is 2.32. The van der Waals surface area contributed by atoms with Crippen LogP contribution in [0.3, 0.4) is 0 Å². The van der Waals surface area contributed by atoms with Gasteiger partial charge >= 0.3 is 0 Å². The molecule has 0 unspecified atom stereocenters. The number of aliphatic hydroxyl groups is 1. The minimum Gasteiger partial charge on any atom is -0.494 e. The SMILES string of the molecule is COc1ccc(CCc2ccc(-c3ccc(-c4ccc(CO)cc4)c(F)c3F)cc2)cc1F. The third kappa shape index (κ3) is 4.94. The molecular formula is C28H23F3O2. The second kappa shape index (κ2) is 9.92. The van der Waals surface area contributed by atoms with Crippen LogP contribution in [-0.4, -0.2) is 12.2 Å². The first kappa shape index (κ1) is 22.6. The Hall–Kier alpha value is -3.57. The summed E-state index contributed by atoms with van der Waals surface area (Å²) in [7, 11) is 1.43. The van der Waals surface area contributed by atoms with Crippen LogP contribution in [0, 0.1) is 17.5 Å². The molecule has 0 amide bonds. The van der Waals surface area contributed by atoms with Gasteiger partial charge in [0.05, 0.1) is 13.7 Å². The van der Waals surface area contributed by atoms with Crippen molar-refractivity contribution in [3.05, 3.63) is 113 Å². The molecule has 4 aromatic rings. The molecule has 33 heavy (non-hydrogen) atoms. The predicted octanol–water partition coefficient (Wildman–Crippen LogP) is 6.72. The van der Waals surface area contributed by atoms with Gasteiger partial charge in [0.25, 0.3) is 0 Å². The van der Waals surface area contributed by atoms with Crippen LogP contribution in [-0.2, 0) is 19.4 Å². The second-order valence-electron chi connectivity index (χ2n) is 7.81. The maximum absolute atomic E-state index is 14.9. The fourth-order valence-corrected chi connectivity index (χ4v) is 3.79. The molecule has 0 aliphatic rings. The molecule has 0 radical (unpaired) electrons. The van der Waals surface area contributed by atoms with E-state index in [9.17, 15) is 13.2 Å². The van der Waals surface area contributed by atoms with E-state index < -0.39 is 17.5 Å². The predicted molar refractivity (Wildman–Crippen MR) is 124 cm³/mol. The van der Waals surface area contributed by atoms with Gasteiger partial charge in [-0.05, 0) is 52.8 Å². The average molecular weight is 448 g/mol. The van der Waals surface area contributed by atoms with E-state index in [-0.39, 0.29) is 23.5 Å². The van der Waals surface area contributed by atoms with Gasteiger partial charge in [0, 0.05) is 11.1 Å². The zero-order chi connectivity index (χ0) is 23.4. The molecule has 0 saturated carbocycles. The Labute approximate surface area is 190 Å². The Morgan fingerprint density at radius 1 is 0.636 bits per heavy atom. The smallest absolute Gasteiger partial charge is 0.167 e. The Kier molecular flexibility index (Phi) is 6.80. The Balaban J connectivity index is 1.50. The summed E-state index contributed by atoms with van der Waals surface area (Å²) >= 11 is 0. The largest absolute Gasteiger partial charge is 0.494 e. The van der Waals surface area contributed by atoms with E-state index in [1.165, 1.54) is 13.2 Å². The number of hydrogen-bond donors (Lipinski definition) is 1. The van der Waals surface area contributed by atoms with E-state index in [0.29, 0.717) is 29.5 Å². The van der Waals surface area contributed by atoms with E-state index in [1.807, 2.05) is 18.2 Å². The highest BCUT2D eigenvalue weighted by atomic mass is 19.2. The highest BCUT2D eigenvalue weighted by molar-refractivity contribution is 5.72. The molecule has 0 atom stereocenters. The van der Waals surface area contributed by atoms with Gasteiger partial charge in [0.1, 0.15) is 0 Å². The van der Waals surface area contributed by atoms with Crippen LogP contribution in [0.2, 0.25) is 0 Å². The molecular weight excluding hydrogens is 425 g/mol. The topological polar surface area (TPSA) is 29.5 Å². The van der Waals surface area contributed by atoms with Gasteiger partial charge in [0.15, 0.2) is 23.2 Å². The molecule has 0 saturated heterocycles. The molecule has 4 aromatic carbocycles. The number of benzene rings is 4. The monoisotopic (exact) mass is 448 g/mol. The lowest BCUT2D eigenvalue weighted by molar-refractivity contribution is 0.282. The zero-order valence-electron chi connectivity index (χ0n) is 18.1. The van der Waals surface area contributed by atoms with E-state index in [2.05, 4.69) is 0 Å². The molecule has 0 heterocycles. The summed E-state index contributed by atoms with van der Waals surface area (Å²) in [5, 5.41) is 9.15. The van der Waals surface area contributed by atoms with Crippen LogP contribution < -0.4 is 4.74 Å². The highest BCUT2D eigenvalue weighted by Gasteiger charge is 2.16. The van der Waals surface area contributed by atoms with Gasteiger partial charge in [-0.2, -0.15) is 0 Å². The fraction of sp³-hybridized carbons (Fsp3) is 0.143. The van der Waals surface area contributed by atoms with E-state index in [0.717, 1.165) is 11.1 Å². The third-order valence-corrected chi connectivity index (χ3v) is 5.71. The maximum Gasteiger partial charge on any atom is 0.167 e. The minimum absolute atomic E-state index is 0.108. The van der Waals surface area contributed by atoms with Gasteiger partial charge in [-0.1, -0.05) is 66.7 Å². The molecule has 0 aliphatic carbocycles. The second-order valence-corrected chi connectivity index (χ2v) is 7.81. The number of halogens is 3. The summed E-state index contributed by atoms with van der Waals surface area (Å²) in [6.07, 6.45) is 1.33. The van der Waals surface area contributed by atoms with Crippen LogP contribution in [0.1, 0.15) is 16.7 Å². The van der Waals surface area contributed by atoms with Crippen LogP contribution in [0.4, 0.5) is 13.2 Å². The first-order valence-corrected chi connectivity index (χ1v) is 10.6. The standard InChI is InChI=1S/C28H23F3O2/c1-33-26-15-8-19(16-25(26)29)3-2-18-4-9-21(10-5-18)23-13-14-24(28(31)27(23)30)22-11-6-20(17-32)7-12-22/h4-16,32H,2-3,17H2,1H3. The van der Waals surface area contributed by atoms with Crippen molar-refractivity contribution in [2.75, 3.05) is 7.11 Å². The van der Waals surface area contributed by atoms with Crippen LogP contribution in [0.25, 0.3) is 22.3 Å². The summed E-state index contributed by atoms with van der Waals surface area (Å²) in [6, 6.07) is 22.0. The average Bonchev–Trinajstić information content (AvgIpc) is 2.85. The van der Waals surface area contributed by atoms with Crippen LogP contribution in [0.15, 0.2) is 78.9 Å². The Bertz CT molecular complexity index is 1250. The van der Waals surface area contributed by atoms with Gasteiger partial charge in [-0.3, -0.25) is 0 Å². The summed E-state index contributed by atoms with van der Waals surface area (Å²) in [6.45, 7) is -0.108. The summed E-state index contributed by atoms with van der Waals surface area (Å²) in [5.74, 6) is -1.99.